The van der Waals surface area contributed by atoms with Crippen molar-refractivity contribution in [2.24, 2.45) is 5.41 Å². The summed E-state index contributed by atoms with van der Waals surface area (Å²) in [4.78, 5) is 0. The lowest BCUT2D eigenvalue weighted by Crippen LogP contribution is -2.59. The lowest BCUT2D eigenvalue weighted by atomic mass is 9.64. The van der Waals surface area contributed by atoms with Crippen LogP contribution in [0.25, 0.3) is 0 Å². The minimum Gasteiger partial charge on any atom is -0.486 e. The molecular formula is C15H20BrNO3. The van der Waals surface area contributed by atoms with Gasteiger partial charge in [-0.05, 0) is 40.0 Å². The van der Waals surface area contributed by atoms with Crippen molar-refractivity contribution >= 4 is 15.9 Å². The van der Waals surface area contributed by atoms with E-state index in [2.05, 4.69) is 41.2 Å². The molecule has 3 rings (SSSR count). The Hall–Kier alpha value is -0.780. The normalized spacial score (nSPS) is 27.0. The number of ether oxygens (including phenoxy) is 2. The number of fused-ring (bicyclic) bond motifs is 1. The summed E-state index contributed by atoms with van der Waals surface area (Å²) in [6.45, 7) is 6.14. The predicted molar refractivity (Wildman–Crippen MR) is 80.2 cm³/mol. The van der Waals surface area contributed by atoms with Gasteiger partial charge in [-0.25, -0.2) is 0 Å². The first-order valence-corrected chi connectivity index (χ1v) is 7.77. The smallest absolute Gasteiger partial charge is 0.175 e. The van der Waals surface area contributed by atoms with Gasteiger partial charge in [-0.15, -0.1) is 0 Å². The highest BCUT2D eigenvalue weighted by atomic mass is 79.9. The Morgan fingerprint density at radius 1 is 1.35 bits per heavy atom. The highest BCUT2D eigenvalue weighted by molar-refractivity contribution is 9.10. The van der Waals surface area contributed by atoms with Crippen LogP contribution in [-0.4, -0.2) is 30.5 Å². The summed E-state index contributed by atoms with van der Waals surface area (Å²) in [5, 5.41) is 13.3. The Morgan fingerprint density at radius 3 is 2.80 bits per heavy atom. The van der Waals surface area contributed by atoms with Crippen molar-refractivity contribution in [1.29, 1.82) is 0 Å². The minimum atomic E-state index is -0.202. The molecule has 2 atom stereocenters. The van der Waals surface area contributed by atoms with Crippen LogP contribution < -0.4 is 14.8 Å². The maximum atomic E-state index is 9.76. The Bertz CT molecular complexity index is 518. The maximum Gasteiger partial charge on any atom is 0.175 e. The molecule has 0 amide bonds. The second-order valence-corrected chi connectivity index (χ2v) is 6.96. The molecule has 110 valence electrons. The Kier molecular flexibility index (Phi) is 3.69. The lowest BCUT2D eigenvalue weighted by molar-refractivity contribution is -0.0729. The largest absolute Gasteiger partial charge is 0.486 e. The van der Waals surface area contributed by atoms with E-state index in [4.69, 9.17) is 9.47 Å². The van der Waals surface area contributed by atoms with E-state index in [1.54, 1.807) is 0 Å². The van der Waals surface area contributed by atoms with Crippen molar-refractivity contribution in [3.05, 3.63) is 22.2 Å². The Morgan fingerprint density at radius 2 is 2.10 bits per heavy atom. The van der Waals surface area contributed by atoms with Gasteiger partial charge in [0.05, 0.1) is 10.6 Å². The third kappa shape index (κ3) is 2.43. The van der Waals surface area contributed by atoms with E-state index in [-0.39, 0.29) is 11.5 Å². The van der Waals surface area contributed by atoms with Gasteiger partial charge in [-0.3, -0.25) is 0 Å². The van der Waals surface area contributed by atoms with Crippen molar-refractivity contribution in [3.8, 4) is 11.5 Å². The van der Waals surface area contributed by atoms with E-state index in [1.807, 2.05) is 6.07 Å². The molecule has 0 radical (unpaired) electrons. The molecule has 1 heterocycles. The second kappa shape index (κ2) is 5.20. The third-order valence-electron chi connectivity index (χ3n) is 4.43. The molecule has 1 aliphatic carbocycles. The van der Waals surface area contributed by atoms with Crippen LogP contribution in [0.4, 0.5) is 0 Å². The van der Waals surface area contributed by atoms with E-state index in [0.29, 0.717) is 19.3 Å². The second-order valence-electron chi connectivity index (χ2n) is 6.11. The summed E-state index contributed by atoms with van der Waals surface area (Å²) < 4.78 is 12.1. The SMILES string of the molecule is CC1(C)C(O)CC1NCc1cc(Br)c2c(c1)OCCO2. The fraction of sp³-hybridized carbons (Fsp3) is 0.600. The van der Waals surface area contributed by atoms with Crippen LogP contribution in [0.3, 0.4) is 0 Å². The number of nitrogens with one attached hydrogen (secondary N) is 1. The molecule has 0 aromatic heterocycles. The van der Waals surface area contributed by atoms with Gasteiger partial charge in [0, 0.05) is 18.0 Å². The average molecular weight is 342 g/mol. The molecule has 2 aliphatic rings. The van der Waals surface area contributed by atoms with Gasteiger partial charge in [-0.2, -0.15) is 0 Å². The number of rotatable bonds is 3. The summed E-state index contributed by atoms with van der Waals surface area (Å²) in [5.41, 5.74) is 1.10. The van der Waals surface area contributed by atoms with Gasteiger partial charge in [0.15, 0.2) is 11.5 Å². The van der Waals surface area contributed by atoms with Gasteiger partial charge in [-0.1, -0.05) is 13.8 Å². The van der Waals surface area contributed by atoms with Crippen molar-refractivity contribution in [3.63, 3.8) is 0 Å². The number of halogens is 1. The van der Waals surface area contributed by atoms with E-state index >= 15 is 0 Å². The lowest BCUT2D eigenvalue weighted by Gasteiger charge is -2.49. The van der Waals surface area contributed by atoms with Gasteiger partial charge < -0.3 is 19.9 Å². The molecule has 1 aromatic carbocycles. The number of benzene rings is 1. The Balaban J connectivity index is 1.68. The maximum absolute atomic E-state index is 9.76. The summed E-state index contributed by atoms with van der Waals surface area (Å²) in [5.74, 6) is 1.59. The monoisotopic (exact) mass is 341 g/mol. The number of hydrogen-bond donors (Lipinski definition) is 2. The topological polar surface area (TPSA) is 50.7 Å². The fourth-order valence-corrected chi connectivity index (χ4v) is 3.36. The summed E-state index contributed by atoms with van der Waals surface area (Å²) in [6.07, 6.45) is 0.616. The molecule has 5 heteroatoms. The molecule has 1 aliphatic heterocycles. The predicted octanol–water partition coefficient (Wildman–Crippen LogP) is 2.47. The highest BCUT2D eigenvalue weighted by Crippen LogP contribution is 2.41. The zero-order valence-electron chi connectivity index (χ0n) is 11.8. The van der Waals surface area contributed by atoms with E-state index in [1.165, 1.54) is 0 Å². The van der Waals surface area contributed by atoms with Crippen LogP contribution in [0.5, 0.6) is 11.5 Å². The van der Waals surface area contributed by atoms with Gasteiger partial charge in [0.1, 0.15) is 13.2 Å². The first kappa shape index (κ1) is 14.2. The molecular weight excluding hydrogens is 322 g/mol. The van der Waals surface area contributed by atoms with Crippen LogP contribution >= 0.6 is 15.9 Å². The molecule has 20 heavy (non-hydrogen) atoms. The van der Waals surface area contributed by atoms with Crippen molar-refractivity contribution in [1.82, 2.24) is 5.32 Å². The molecule has 2 unspecified atom stereocenters. The molecule has 4 nitrogen and oxygen atoms in total. The third-order valence-corrected chi connectivity index (χ3v) is 5.01. The van der Waals surface area contributed by atoms with Crippen LogP contribution in [-0.2, 0) is 6.54 Å². The van der Waals surface area contributed by atoms with Crippen LogP contribution in [0, 0.1) is 5.41 Å². The summed E-state index contributed by atoms with van der Waals surface area (Å²) in [6, 6.07) is 4.43. The van der Waals surface area contributed by atoms with Crippen LogP contribution in [0.2, 0.25) is 0 Å². The van der Waals surface area contributed by atoms with Gasteiger partial charge in [0.2, 0.25) is 0 Å². The minimum absolute atomic E-state index is 0.0505. The van der Waals surface area contributed by atoms with E-state index < -0.39 is 0 Å². The molecule has 0 saturated heterocycles. The Labute approximate surface area is 127 Å². The molecule has 1 aromatic rings. The zero-order chi connectivity index (χ0) is 14.3. The first-order chi connectivity index (χ1) is 9.48. The number of aliphatic hydroxyl groups excluding tert-OH is 1. The van der Waals surface area contributed by atoms with Gasteiger partial charge >= 0.3 is 0 Å². The molecule has 1 fully saturated rings. The number of aliphatic hydroxyl groups is 1. The van der Waals surface area contributed by atoms with Crippen molar-refractivity contribution < 1.29 is 14.6 Å². The fourth-order valence-electron chi connectivity index (χ4n) is 2.76. The average Bonchev–Trinajstić information content (AvgIpc) is 2.43. The quantitative estimate of drug-likeness (QED) is 0.886. The zero-order valence-corrected chi connectivity index (χ0v) is 13.4. The van der Waals surface area contributed by atoms with E-state index in [9.17, 15) is 5.11 Å². The molecule has 2 N–H and O–H groups in total. The highest BCUT2D eigenvalue weighted by Gasteiger charge is 2.46. The van der Waals surface area contributed by atoms with Crippen molar-refractivity contribution in [2.75, 3.05) is 13.2 Å². The van der Waals surface area contributed by atoms with Crippen LogP contribution in [0.1, 0.15) is 25.8 Å². The standard InChI is InChI=1S/C15H20BrNO3/c1-15(2)12(7-13(15)18)17-8-9-5-10(16)14-11(6-9)19-3-4-20-14/h5-6,12-13,17-18H,3-4,7-8H2,1-2H3. The van der Waals surface area contributed by atoms with Gasteiger partial charge in [0.25, 0.3) is 0 Å². The molecule has 0 spiro atoms. The summed E-state index contributed by atoms with van der Waals surface area (Å²) in [7, 11) is 0. The number of hydrogen-bond acceptors (Lipinski definition) is 4. The first-order valence-electron chi connectivity index (χ1n) is 6.98. The summed E-state index contributed by atoms with van der Waals surface area (Å²) >= 11 is 3.53. The molecule has 0 bridgehead atoms. The van der Waals surface area contributed by atoms with Crippen molar-refractivity contribution in [2.45, 2.75) is 39.0 Å². The van der Waals surface area contributed by atoms with Crippen LogP contribution in [0.15, 0.2) is 16.6 Å². The molecule has 1 saturated carbocycles. The van der Waals surface area contributed by atoms with E-state index in [0.717, 1.165) is 34.5 Å².